The van der Waals surface area contributed by atoms with E-state index < -0.39 is 0 Å². The van der Waals surface area contributed by atoms with Crippen LogP contribution in [0.4, 0.5) is 0 Å². The maximum absolute atomic E-state index is 13.4. The molecular formula is C30H31BrN4O. The summed E-state index contributed by atoms with van der Waals surface area (Å²) in [5.41, 5.74) is 5.91. The van der Waals surface area contributed by atoms with Crippen molar-refractivity contribution in [1.29, 1.82) is 0 Å². The first-order chi connectivity index (χ1) is 17.6. The van der Waals surface area contributed by atoms with Crippen LogP contribution in [-0.2, 0) is 29.8 Å². The number of likely N-dealkylation sites (tertiary alicyclic amines) is 1. The van der Waals surface area contributed by atoms with E-state index in [9.17, 15) is 4.79 Å². The maximum Gasteiger partial charge on any atom is 0.237 e. The predicted molar refractivity (Wildman–Crippen MR) is 148 cm³/mol. The highest BCUT2D eigenvalue weighted by Gasteiger charge is 2.45. The van der Waals surface area contributed by atoms with Gasteiger partial charge in [-0.1, -0.05) is 76.6 Å². The van der Waals surface area contributed by atoms with E-state index >= 15 is 0 Å². The highest BCUT2D eigenvalue weighted by molar-refractivity contribution is 9.10. The van der Waals surface area contributed by atoms with E-state index in [1.54, 1.807) is 0 Å². The fourth-order valence-corrected chi connectivity index (χ4v) is 6.26. The Bertz CT molecular complexity index is 1360. The van der Waals surface area contributed by atoms with Crippen LogP contribution in [0.5, 0.6) is 0 Å². The van der Waals surface area contributed by atoms with Gasteiger partial charge in [-0.05, 0) is 54.2 Å². The lowest BCUT2D eigenvalue weighted by Gasteiger charge is -2.47. The third-order valence-corrected chi connectivity index (χ3v) is 8.28. The van der Waals surface area contributed by atoms with E-state index in [0.29, 0.717) is 13.0 Å². The first-order valence-corrected chi connectivity index (χ1v) is 13.6. The zero-order valence-corrected chi connectivity index (χ0v) is 21.9. The average molecular weight is 544 g/mol. The molecule has 3 aromatic carbocycles. The van der Waals surface area contributed by atoms with Gasteiger partial charge in [0.2, 0.25) is 5.91 Å². The third-order valence-electron chi connectivity index (χ3n) is 7.79. The molecule has 2 aliphatic heterocycles. The van der Waals surface area contributed by atoms with E-state index in [1.165, 1.54) is 22.2 Å². The number of nitrogens with one attached hydrogen (secondary N) is 3. The van der Waals surface area contributed by atoms with Gasteiger partial charge >= 0.3 is 0 Å². The Balaban J connectivity index is 1.27. The van der Waals surface area contributed by atoms with Crippen LogP contribution in [0.1, 0.15) is 35.2 Å². The average Bonchev–Trinajstić information content (AvgIpc) is 3.28. The van der Waals surface area contributed by atoms with Gasteiger partial charge in [0.05, 0.1) is 11.6 Å². The van der Waals surface area contributed by atoms with E-state index in [0.717, 1.165) is 48.0 Å². The number of fused-ring (bicyclic) bond motifs is 4. The van der Waals surface area contributed by atoms with Crippen molar-refractivity contribution < 1.29 is 4.79 Å². The lowest BCUT2D eigenvalue weighted by Crippen LogP contribution is -2.61. The Kier molecular flexibility index (Phi) is 6.42. The van der Waals surface area contributed by atoms with Gasteiger partial charge < -0.3 is 10.3 Å². The van der Waals surface area contributed by atoms with Crippen molar-refractivity contribution >= 4 is 32.7 Å². The fourth-order valence-electron chi connectivity index (χ4n) is 5.90. The highest BCUT2D eigenvalue weighted by Crippen LogP contribution is 2.42. The van der Waals surface area contributed by atoms with E-state index in [2.05, 4.69) is 85.0 Å². The summed E-state index contributed by atoms with van der Waals surface area (Å²) in [6.45, 7) is 3.48. The summed E-state index contributed by atoms with van der Waals surface area (Å²) < 4.78 is 1.06. The summed E-state index contributed by atoms with van der Waals surface area (Å²) in [5.74, 6) is 0.0694. The molecule has 1 atom stereocenters. The fraction of sp³-hybridized carbons (Fsp3) is 0.300. The number of carbonyl (C=O) groups excluding carboxylic acids is 1. The minimum Gasteiger partial charge on any atom is -0.357 e. The number of benzene rings is 3. The monoisotopic (exact) mass is 542 g/mol. The summed E-state index contributed by atoms with van der Waals surface area (Å²) in [6, 6.07) is 26.9. The summed E-state index contributed by atoms with van der Waals surface area (Å²) in [5, 5.41) is 8.24. The number of H-pyrrole nitrogens is 1. The molecule has 1 amide bonds. The molecule has 0 bridgehead atoms. The molecule has 184 valence electrons. The third kappa shape index (κ3) is 4.61. The predicted octanol–water partition coefficient (Wildman–Crippen LogP) is 5.25. The first kappa shape index (κ1) is 23.5. The molecule has 1 spiro atoms. The van der Waals surface area contributed by atoms with Crippen molar-refractivity contribution in [3.63, 3.8) is 0 Å². The first-order valence-electron chi connectivity index (χ1n) is 12.8. The quantitative estimate of drug-likeness (QED) is 0.322. The van der Waals surface area contributed by atoms with Gasteiger partial charge in [-0.15, -0.1) is 0 Å². The van der Waals surface area contributed by atoms with Crippen molar-refractivity contribution in [2.45, 2.75) is 43.9 Å². The lowest BCUT2D eigenvalue weighted by molar-refractivity contribution is -0.124. The van der Waals surface area contributed by atoms with Crippen LogP contribution in [0.2, 0.25) is 0 Å². The zero-order chi connectivity index (χ0) is 24.5. The molecule has 36 heavy (non-hydrogen) atoms. The van der Waals surface area contributed by atoms with Crippen LogP contribution in [0, 0.1) is 0 Å². The number of nitrogens with zero attached hydrogens (tertiary/aromatic N) is 1. The minimum atomic E-state index is -0.264. The van der Waals surface area contributed by atoms with Crippen LogP contribution >= 0.6 is 15.9 Å². The number of amides is 1. The minimum absolute atomic E-state index is 0.0694. The molecular weight excluding hydrogens is 512 g/mol. The molecule has 6 heteroatoms. The number of hydrogen-bond donors (Lipinski definition) is 3. The number of rotatable bonds is 5. The normalized spacial score (nSPS) is 19.3. The molecule has 5 nitrogen and oxygen atoms in total. The van der Waals surface area contributed by atoms with E-state index in [1.807, 2.05) is 30.3 Å². The van der Waals surface area contributed by atoms with Gasteiger partial charge in [0.25, 0.3) is 0 Å². The molecule has 4 aromatic rings. The lowest BCUT2D eigenvalue weighted by atomic mass is 9.77. The topological polar surface area (TPSA) is 60.2 Å². The molecule has 1 fully saturated rings. The molecule has 1 aromatic heterocycles. The Morgan fingerprint density at radius 1 is 0.972 bits per heavy atom. The van der Waals surface area contributed by atoms with Gasteiger partial charge in [-0.2, -0.15) is 0 Å². The molecule has 0 aliphatic carbocycles. The Labute approximate surface area is 220 Å². The van der Waals surface area contributed by atoms with Gasteiger partial charge in [0.15, 0.2) is 0 Å². The number of halogens is 1. The molecule has 1 saturated heterocycles. The van der Waals surface area contributed by atoms with E-state index in [4.69, 9.17) is 0 Å². The Morgan fingerprint density at radius 2 is 1.67 bits per heavy atom. The zero-order valence-electron chi connectivity index (χ0n) is 20.3. The summed E-state index contributed by atoms with van der Waals surface area (Å²) in [6.07, 6.45) is 2.61. The van der Waals surface area contributed by atoms with Gasteiger partial charge in [0.1, 0.15) is 0 Å². The van der Waals surface area contributed by atoms with Crippen molar-refractivity contribution in [2.24, 2.45) is 0 Å². The summed E-state index contributed by atoms with van der Waals surface area (Å²) in [7, 11) is 0. The van der Waals surface area contributed by atoms with Gasteiger partial charge in [-0.25, -0.2) is 0 Å². The maximum atomic E-state index is 13.4. The van der Waals surface area contributed by atoms with E-state index in [-0.39, 0.29) is 17.5 Å². The highest BCUT2D eigenvalue weighted by atomic mass is 79.9. The van der Waals surface area contributed by atoms with Crippen LogP contribution in [0.15, 0.2) is 83.3 Å². The summed E-state index contributed by atoms with van der Waals surface area (Å²) in [4.78, 5) is 19.7. The molecule has 0 saturated carbocycles. The number of aromatic amines is 1. The van der Waals surface area contributed by atoms with Crippen LogP contribution in [0.3, 0.4) is 0 Å². The van der Waals surface area contributed by atoms with Crippen LogP contribution in [-0.4, -0.2) is 34.9 Å². The van der Waals surface area contributed by atoms with Gasteiger partial charge in [0, 0.05) is 47.2 Å². The largest absolute Gasteiger partial charge is 0.357 e. The van der Waals surface area contributed by atoms with Crippen molar-refractivity contribution in [3.8, 4) is 0 Å². The second-order valence-electron chi connectivity index (χ2n) is 10.1. The second-order valence-corrected chi connectivity index (χ2v) is 11.0. The van der Waals surface area contributed by atoms with Crippen LogP contribution < -0.4 is 10.6 Å². The molecule has 3 heterocycles. The van der Waals surface area contributed by atoms with Crippen molar-refractivity contribution in [1.82, 2.24) is 20.5 Å². The molecule has 1 unspecified atom stereocenters. The number of piperidine rings is 1. The smallest absolute Gasteiger partial charge is 0.237 e. The second kappa shape index (κ2) is 9.85. The molecule has 2 aliphatic rings. The number of carbonyl (C=O) groups is 1. The standard InChI is InChI=1S/C30H31BrN4O/c31-23-11-12-26-24(17-23)25-18-27(29(36)32-19-21-7-3-1-4-8-21)34-30(28(25)33-26)13-15-35(16-14-30)20-22-9-5-2-6-10-22/h1-12,17,27,33-34H,13-16,18-20H2,(H,32,36). The Hall–Kier alpha value is -2.93. The number of aromatic nitrogens is 1. The summed E-state index contributed by atoms with van der Waals surface area (Å²) >= 11 is 3.65. The number of hydrogen-bond acceptors (Lipinski definition) is 3. The Morgan fingerprint density at radius 3 is 2.39 bits per heavy atom. The molecule has 0 radical (unpaired) electrons. The van der Waals surface area contributed by atoms with Crippen molar-refractivity contribution in [3.05, 3.63) is 106 Å². The van der Waals surface area contributed by atoms with Gasteiger partial charge in [-0.3, -0.25) is 15.0 Å². The SMILES string of the molecule is O=C(NCc1ccccc1)C1Cc2c([nH]c3ccc(Br)cc23)C2(CCN(Cc3ccccc3)CC2)N1. The molecule has 3 N–H and O–H groups in total. The molecule has 6 rings (SSSR count). The van der Waals surface area contributed by atoms with Crippen molar-refractivity contribution in [2.75, 3.05) is 13.1 Å². The van der Waals surface area contributed by atoms with Crippen LogP contribution in [0.25, 0.3) is 10.9 Å².